The summed E-state index contributed by atoms with van der Waals surface area (Å²) >= 11 is 0. The molecule has 3 N–H and O–H groups in total. The summed E-state index contributed by atoms with van der Waals surface area (Å²) in [5, 5.41) is 10.6. The summed E-state index contributed by atoms with van der Waals surface area (Å²) in [6.45, 7) is 9.41. The van der Waals surface area contributed by atoms with Crippen molar-refractivity contribution in [2.24, 2.45) is 11.8 Å². The molecule has 0 bridgehead atoms. The third-order valence-electron chi connectivity index (χ3n) is 15.6. The molecule has 0 aromatic carbocycles. The minimum Gasteiger partial charge on any atom is -0.462 e. The van der Waals surface area contributed by atoms with Crippen molar-refractivity contribution in [3.05, 3.63) is 24.3 Å². The lowest BCUT2D eigenvalue weighted by Gasteiger charge is -2.21. The van der Waals surface area contributed by atoms with Crippen LogP contribution in [0.25, 0.3) is 0 Å². The highest BCUT2D eigenvalue weighted by Gasteiger charge is 2.30. The second-order valence-corrected chi connectivity index (χ2v) is 28.4. The lowest BCUT2D eigenvalue weighted by Crippen LogP contribution is -2.30. The summed E-state index contributed by atoms with van der Waals surface area (Å²) in [6.07, 6.45) is 49.4. The smallest absolute Gasteiger partial charge is 0.462 e. The van der Waals surface area contributed by atoms with E-state index in [0.717, 1.165) is 115 Å². The highest BCUT2D eigenvalue weighted by Crippen LogP contribution is 2.45. The van der Waals surface area contributed by atoms with E-state index in [-0.39, 0.29) is 25.7 Å². The van der Waals surface area contributed by atoms with E-state index in [1.54, 1.807) is 0 Å². The summed E-state index contributed by atoms with van der Waals surface area (Å²) in [5.74, 6) is -0.699. The van der Waals surface area contributed by atoms with Gasteiger partial charge in [-0.3, -0.25) is 37.3 Å². The Balaban J connectivity index is 5.29. The van der Waals surface area contributed by atoms with Crippen molar-refractivity contribution < 1.29 is 80.2 Å². The first kappa shape index (κ1) is 86.5. The van der Waals surface area contributed by atoms with Gasteiger partial charge in [-0.1, -0.05) is 278 Å². The topological polar surface area (TPSA) is 237 Å². The SMILES string of the molecule is CCCCCC/C=C\C=C/CCCCCCCC(=O)O[C@H](COC(=O)CCCCCCCCCCCC(C)C)COP(=O)(O)OC[C@@H](O)COP(=O)(O)OC[C@@H](COC(=O)CCCCCCCCCCCCC)OC(=O)CCCCCCCCCCC(C)C. The van der Waals surface area contributed by atoms with Crippen LogP contribution in [0.2, 0.25) is 0 Å². The molecule has 19 heteroatoms. The van der Waals surface area contributed by atoms with Crippen LogP contribution in [0.1, 0.15) is 330 Å². The van der Waals surface area contributed by atoms with E-state index < -0.39 is 97.5 Å². The van der Waals surface area contributed by atoms with Crippen molar-refractivity contribution in [1.29, 1.82) is 0 Å². The Bertz CT molecular complexity index is 1830. The minimum absolute atomic E-state index is 0.0844. The molecule has 0 saturated heterocycles. The second-order valence-electron chi connectivity index (χ2n) is 25.5. The number of aliphatic hydroxyl groups excluding tert-OH is 1. The van der Waals surface area contributed by atoms with Gasteiger partial charge >= 0.3 is 39.5 Å². The van der Waals surface area contributed by atoms with E-state index in [1.165, 1.54) is 135 Å². The van der Waals surface area contributed by atoms with Crippen molar-refractivity contribution in [3.63, 3.8) is 0 Å². The van der Waals surface area contributed by atoms with Gasteiger partial charge in [0.15, 0.2) is 12.2 Å². The molecular weight excluding hydrogens is 1170 g/mol. The third kappa shape index (κ3) is 64.1. The van der Waals surface area contributed by atoms with E-state index in [1.807, 2.05) is 0 Å². The normalized spacial score (nSPS) is 14.3. The third-order valence-corrected chi connectivity index (χ3v) is 17.5. The number of phosphoric ester groups is 2. The molecule has 0 heterocycles. The van der Waals surface area contributed by atoms with Crippen LogP contribution in [0, 0.1) is 11.8 Å². The molecule has 0 fully saturated rings. The van der Waals surface area contributed by atoms with Crippen LogP contribution in [-0.4, -0.2) is 96.7 Å². The summed E-state index contributed by atoms with van der Waals surface area (Å²) in [4.78, 5) is 72.5. The zero-order chi connectivity index (χ0) is 65.7. The highest BCUT2D eigenvalue weighted by atomic mass is 31.2. The summed E-state index contributed by atoms with van der Waals surface area (Å²) in [7, 11) is -9.91. The van der Waals surface area contributed by atoms with E-state index >= 15 is 0 Å². The van der Waals surface area contributed by atoms with Gasteiger partial charge in [0.2, 0.25) is 0 Å². The van der Waals surface area contributed by atoms with E-state index in [0.29, 0.717) is 25.7 Å². The van der Waals surface area contributed by atoms with Gasteiger partial charge in [0.05, 0.1) is 26.4 Å². The number of rotatable bonds is 67. The number of esters is 4. The van der Waals surface area contributed by atoms with Crippen LogP contribution in [0.5, 0.6) is 0 Å². The Labute approximate surface area is 542 Å². The Hall–Kier alpha value is -2.46. The Morgan fingerprint density at radius 2 is 0.607 bits per heavy atom. The molecule has 2 unspecified atom stereocenters. The van der Waals surface area contributed by atoms with Crippen LogP contribution >= 0.6 is 15.6 Å². The Morgan fingerprint density at radius 1 is 0.348 bits per heavy atom. The van der Waals surface area contributed by atoms with E-state index in [9.17, 15) is 43.2 Å². The van der Waals surface area contributed by atoms with Crippen molar-refractivity contribution in [2.75, 3.05) is 39.6 Å². The number of unbranched alkanes of at least 4 members (excludes halogenated alkanes) is 34. The average molecular weight is 1310 g/mol. The molecule has 0 spiro atoms. The lowest BCUT2D eigenvalue weighted by molar-refractivity contribution is -0.161. The number of ether oxygens (including phenoxy) is 4. The fraction of sp³-hybridized carbons (Fsp3) is 0.886. The van der Waals surface area contributed by atoms with E-state index in [4.69, 9.17) is 37.0 Å². The highest BCUT2D eigenvalue weighted by molar-refractivity contribution is 7.47. The quantitative estimate of drug-likeness (QED) is 0.0169. The predicted molar refractivity (Wildman–Crippen MR) is 358 cm³/mol. The Morgan fingerprint density at radius 3 is 0.921 bits per heavy atom. The van der Waals surface area contributed by atoms with Gasteiger partial charge in [0, 0.05) is 25.7 Å². The van der Waals surface area contributed by atoms with Gasteiger partial charge in [-0.25, -0.2) is 9.13 Å². The maximum atomic E-state index is 13.0. The van der Waals surface area contributed by atoms with Gasteiger partial charge in [0.25, 0.3) is 0 Å². The zero-order valence-corrected chi connectivity index (χ0v) is 59.0. The number of carbonyl (C=O) groups is 4. The summed E-state index contributed by atoms with van der Waals surface area (Å²) < 4.78 is 68.2. The maximum Gasteiger partial charge on any atom is 0.472 e. The van der Waals surface area contributed by atoms with Gasteiger partial charge < -0.3 is 33.8 Å². The number of phosphoric acid groups is 2. The van der Waals surface area contributed by atoms with Gasteiger partial charge in [-0.05, 0) is 63.2 Å². The molecule has 17 nitrogen and oxygen atoms in total. The first-order valence-corrected chi connectivity index (χ1v) is 38.8. The molecular formula is C70H132O17P2. The second kappa shape index (κ2) is 61.7. The van der Waals surface area contributed by atoms with E-state index in [2.05, 4.69) is 65.8 Å². The molecule has 0 aliphatic carbocycles. The molecule has 89 heavy (non-hydrogen) atoms. The number of hydrogen-bond acceptors (Lipinski definition) is 15. The molecule has 0 aliphatic heterocycles. The van der Waals surface area contributed by atoms with Crippen molar-refractivity contribution in [3.8, 4) is 0 Å². The largest absolute Gasteiger partial charge is 0.472 e. The fourth-order valence-electron chi connectivity index (χ4n) is 10.1. The van der Waals surface area contributed by atoms with Gasteiger partial charge in [-0.2, -0.15) is 0 Å². The molecule has 0 aliphatic rings. The van der Waals surface area contributed by atoms with Gasteiger partial charge in [-0.15, -0.1) is 0 Å². The molecule has 5 atom stereocenters. The minimum atomic E-state index is -4.96. The van der Waals surface area contributed by atoms with Crippen LogP contribution in [0.4, 0.5) is 0 Å². The number of carbonyl (C=O) groups excluding carboxylic acids is 4. The predicted octanol–water partition coefficient (Wildman–Crippen LogP) is 19.5. The molecule has 524 valence electrons. The number of aliphatic hydroxyl groups is 1. The standard InChI is InChI=1S/C70H132O17P2/c1-7-9-11-13-15-17-19-20-21-22-24-28-36-42-48-54-69(74)86-65(58-81-68(73)53-47-41-35-29-25-26-32-38-44-50-62(3)4)60-84-88(76,77)82-56-64(71)57-83-89(78,79)85-61-66(87-70(75)55-49-43-37-31-30-33-39-45-51-63(5)6)59-80-67(72)52-46-40-34-27-23-18-16-14-12-10-8-2/h17,19-21,62-66,71H,7-16,18,22-61H2,1-6H3,(H,76,77)(H,78,79)/b19-17-,21-20-/t64-,65-,66-/m1/s1. The summed E-state index contributed by atoms with van der Waals surface area (Å²) in [5.41, 5.74) is 0. The molecule has 0 rings (SSSR count). The molecule has 0 saturated carbocycles. The van der Waals surface area contributed by atoms with Gasteiger partial charge in [0.1, 0.15) is 19.3 Å². The van der Waals surface area contributed by atoms with Crippen molar-refractivity contribution in [2.45, 2.75) is 349 Å². The monoisotopic (exact) mass is 1310 g/mol. The molecule has 0 radical (unpaired) electrons. The average Bonchev–Trinajstić information content (AvgIpc) is 3.56. The van der Waals surface area contributed by atoms with Crippen LogP contribution in [0.3, 0.4) is 0 Å². The maximum absolute atomic E-state index is 13.0. The first-order chi connectivity index (χ1) is 42.9. The van der Waals surface area contributed by atoms with Crippen LogP contribution in [0.15, 0.2) is 24.3 Å². The molecule has 0 aromatic heterocycles. The summed E-state index contributed by atoms with van der Waals surface area (Å²) in [6, 6.07) is 0. The number of hydrogen-bond donors (Lipinski definition) is 3. The van der Waals surface area contributed by atoms with Crippen molar-refractivity contribution >= 4 is 39.5 Å². The fourth-order valence-corrected chi connectivity index (χ4v) is 11.6. The van der Waals surface area contributed by atoms with Crippen LogP contribution < -0.4 is 0 Å². The molecule has 0 aromatic rings. The lowest BCUT2D eigenvalue weighted by atomic mass is 10.0. The van der Waals surface area contributed by atoms with Crippen LogP contribution in [-0.2, 0) is 65.4 Å². The zero-order valence-electron chi connectivity index (χ0n) is 57.2. The Kier molecular flexibility index (Phi) is 60.0. The number of allylic oxidation sites excluding steroid dienone is 4. The first-order valence-electron chi connectivity index (χ1n) is 35.8. The molecule has 0 amide bonds. The van der Waals surface area contributed by atoms with Crippen molar-refractivity contribution in [1.82, 2.24) is 0 Å².